The zero-order chi connectivity index (χ0) is 15.7. The molecule has 0 bridgehead atoms. The second kappa shape index (κ2) is 5.89. The van der Waals surface area contributed by atoms with Gasteiger partial charge in [0.2, 0.25) is 0 Å². The Morgan fingerprint density at radius 2 is 1.77 bits per heavy atom. The molecule has 0 saturated carbocycles. The summed E-state index contributed by atoms with van der Waals surface area (Å²) in [6.07, 6.45) is 3.13. The number of aliphatic hydroxyl groups excluding tert-OH is 1. The van der Waals surface area contributed by atoms with E-state index in [1.54, 1.807) is 6.07 Å². The number of nitrogens with zero attached hydrogens (tertiary/aromatic N) is 1. The lowest BCUT2D eigenvalue weighted by molar-refractivity contribution is 0.0580. The topological polar surface area (TPSA) is 57.6 Å². The van der Waals surface area contributed by atoms with Crippen molar-refractivity contribution < 1.29 is 14.7 Å². The van der Waals surface area contributed by atoms with Crippen molar-refractivity contribution >= 4 is 22.6 Å². The maximum Gasteiger partial charge on any atom is 0.261 e. The van der Waals surface area contributed by atoms with Crippen LogP contribution in [0.25, 0.3) is 10.8 Å². The number of benzene rings is 2. The average molecular weight is 297 g/mol. The fourth-order valence-electron chi connectivity index (χ4n) is 3.09. The number of unbranched alkanes of at least 4 members (excludes halogenated alkanes) is 1. The van der Waals surface area contributed by atoms with E-state index in [-0.39, 0.29) is 25.0 Å². The molecule has 1 aliphatic rings. The maximum absolute atomic E-state index is 12.5. The first-order valence-electron chi connectivity index (χ1n) is 7.70. The quantitative estimate of drug-likeness (QED) is 0.863. The van der Waals surface area contributed by atoms with Crippen LogP contribution in [0, 0.1) is 0 Å². The summed E-state index contributed by atoms with van der Waals surface area (Å²) in [4.78, 5) is 26.2. The van der Waals surface area contributed by atoms with Gasteiger partial charge in [-0.25, -0.2) is 0 Å². The Balaban J connectivity index is 2.20. The zero-order valence-electron chi connectivity index (χ0n) is 12.6. The first-order chi connectivity index (χ1) is 10.7. The Morgan fingerprint density at radius 1 is 1.05 bits per heavy atom. The van der Waals surface area contributed by atoms with Crippen LogP contribution >= 0.6 is 0 Å². The van der Waals surface area contributed by atoms with Crippen LogP contribution in [0.1, 0.15) is 46.0 Å². The van der Waals surface area contributed by atoms with Gasteiger partial charge in [-0.1, -0.05) is 31.5 Å². The number of imide groups is 1. The molecule has 2 amide bonds. The molecule has 1 aliphatic heterocycles. The van der Waals surface area contributed by atoms with Gasteiger partial charge < -0.3 is 5.11 Å². The van der Waals surface area contributed by atoms with Gasteiger partial charge in [0.05, 0.1) is 13.2 Å². The molecule has 4 nitrogen and oxygen atoms in total. The summed E-state index contributed by atoms with van der Waals surface area (Å²) in [5.41, 5.74) is 2.29. The monoisotopic (exact) mass is 297 g/mol. The Hall–Kier alpha value is -2.20. The lowest BCUT2D eigenvalue weighted by Gasteiger charge is -2.27. The Bertz CT molecular complexity index is 729. The van der Waals surface area contributed by atoms with E-state index in [2.05, 4.69) is 6.92 Å². The molecule has 2 aromatic rings. The van der Waals surface area contributed by atoms with Crippen LogP contribution in [0.15, 0.2) is 30.3 Å². The van der Waals surface area contributed by atoms with Crippen molar-refractivity contribution in [1.29, 1.82) is 0 Å². The number of amides is 2. The van der Waals surface area contributed by atoms with Crippen molar-refractivity contribution in [3.05, 3.63) is 47.0 Å². The number of carbonyl (C=O) groups excluding carboxylic acids is 2. The molecule has 0 fully saturated rings. The van der Waals surface area contributed by atoms with E-state index >= 15 is 0 Å². The van der Waals surface area contributed by atoms with Gasteiger partial charge in [-0.2, -0.15) is 0 Å². The van der Waals surface area contributed by atoms with Crippen molar-refractivity contribution in [1.82, 2.24) is 4.90 Å². The molecule has 1 N–H and O–H groups in total. The molecule has 2 aromatic carbocycles. The van der Waals surface area contributed by atoms with E-state index in [0.717, 1.165) is 34.9 Å². The minimum atomic E-state index is -0.315. The predicted octanol–water partition coefficient (Wildman–Crippen LogP) is 2.77. The number of carbonyl (C=O) groups is 2. The number of β-amino-alcohol motifs (C(OH)–C–C–N with tert-alkyl or cyclic N) is 1. The molecule has 0 radical (unpaired) electrons. The highest BCUT2D eigenvalue weighted by Crippen LogP contribution is 2.32. The van der Waals surface area contributed by atoms with Crippen LogP contribution in [-0.2, 0) is 6.42 Å². The minimum Gasteiger partial charge on any atom is -0.395 e. The Kier molecular flexibility index (Phi) is 3.94. The highest BCUT2D eigenvalue weighted by atomic mass is 16.3. The third kappa shape index (κ3) is 2.20. The molecule has 22 heavy (non-hydrogen) atoms. The van der Waals surface area contributed by atoms with Crippen LogP contribution in [0.2, 0.25) is 0 Å². The van der Waals surface area contributed by atoms with E-state index in [9.17, 15) is 9.59 Å². The van der Waals surface area contributed by atoms with Gasteiger partial charge in [-0.15, -0.1) is 0 Å². The van der Waals surface area contributed by atoms with Crippen LogP contribution in [0.4, 0.5) is 0 Å². The van der Waals surface area contributed by atoms with Crippen molar-refractivity contribution in [2.45, 2.75) is 26.2 Å². The maximum atomic E-state index is 12.5. The number of aryl methyl sites for hydroxylation is 1. The summed E-state index contributed by atoms with van der Waals surface area (Å²) in [6, 6.07) is 9.41. The van der Waals surface area contributed by atoms with Gasteiger partial charge >= 0.3 is 0 Å². The lowest BCUT2D eigenvalue weighted by Crippen LogP contribution is -2.41. The van der Waals surface area contributed by atoms with Crippen molar-refractivity contribution in [3.63, 3.8) is 0 Å². The summed E-state index contributed by atoms with van der Waals surface area (Å²) in [5.74, 6) is -0.630. The molecule has 114 valence electrons. The lowest BCUT2D eigenvalue weighted by atomic mass is 9.90. The normalized spacial score (nSPS) is 14.0. The number of aliphatic hydroxyl groups is 1. The molecule has 0 unspecified atom stereocenters. The van der Waals surface area contributed by atoms with Crippen LogP contribution < -0.4 is 0 Å². The summed E-state index contributed by atoms with van der Waals surface area (Å²) < 4.78 is 0. The predicted molar refractivity (Wildman–Crippen MR) is 85.0 cm³/mol. The van der Waals surface area contributed by atoms with Crippen LogP contribution in [-0.4, -0.2) is 35.0 Å². The summed E-state index contributed by atoms with van der Waals surface area (Å²) in [7, 11) is 0. The van der Waals surface area contributed by atoms with Gasteiger partial charge in [0.1, 0.15) is 0 Å². The molecule has 0 spiro atoms. The van der Waals surface area contributed by atoms with Crippen molar-refractivity contribution in [3.8, 4) is 0 Å². The Morgan fingerprint density at radius 3 is 2.45 bits per heavy atom. The van der Waals surface area contributed by atoms with Gasteiger partial charge in [0, 0.05) is 16.5 Å². The molecular formula is C18H19NO3. The number of hydrogen-bond donors (Lipinski definition) is 1. The van der Waals surface area contributed by atoms with E-state index in [4.69, 9.17) is 5.11 Å². The first-order valence-corrected chi connectivity index (χ1v) is 7.70. The van der Waals surface area contributed by atoms with Crippen LogP contribution in [0.3, 0.4) is 0 Å². The summed E-state index contributed by atoms with van der Waals surface area (Å²) in [5, 5.41) is 10.8. The van der Waals surface area contributed by atoms with E-state index < -0.39 is 0 Å². The highest BCUT2D eigenvalue weighted by molar-refractivity contribution is 6.25. The SMILES string of the molecule is CCCCc1ccc2c3c(cccc13)C(=O)N(CCO)C2=O. The van der Waals surface area contributed by atoms with E-state index in [1.807, 2.05) is 24.3 Å². The fraction of sp³-hybridized carbons (Fsp3) is 0.333. The van der Waals surface area contributed by atoms with Crippen LogP contribution in [0.5, 0.6) is 0 Å². The van der Waals surface area contributed by atoms with Crippen molar-refractivity contribution in [2.75, 3.05) is 13.2 Å². The molecule has 0 aromatic heterocycles. The first kappa shape index (κ1) is 14.7. The smallest absolute Gasteiger partial charge is 0.261 e. The largest absolute Gasteiger partial charge is 0.395 e. The average Bonchev–Trinajstić information content (AvgIpc) is 2.54. The van der Waals surface area contributed by atoms with E-state index in [1.165, 1.54) is 5.56 Å². The molecule has 4 heteroatoms. The molecule has 1 heterocycles. The van der Waals surface area contributed by atoms with Gasteiger partial charge in [0.25, 0.3) is 11.8 Å². The minimum absolute atomic E-state index is 0.0328. The molecule has 0 atom stereocenters. The third-order valence-corrected chi connectivity index (χ3v) is 4.21. The third-order valence-electron chi connectivity index (χ3n) is 4.21. The zero-order valence-corrected chi connectivity index (χ0v) is 12.6. The van der Waals surface area contributed by atoms with Crippen molar-refractivity contribution in [2.24, 2.45) is 0 Å². The van der Waals surface area contributed by atoms with Gasteiger partial charge in [0.15, 0.2) is 0 Å². The summed E-state index contributed by atoms with van der Waals surface area (Å²) in [6.45, 7) is 1.95. The Labute approximate surface area is 129 Å². The number of hydrogen-bond acceptors (Lipinski definition) is 3. The highest BCUT2D eigenvalue weighted by Gasteiger charge is 2.32. The molecule has 0 saturated heterocycles. The van der Waals surface area contributed by atoms with E-state index in [0.29, 0.717) is 11.1 Å². The summed E-state index contributed by atoms with van der Waals surface area (Å²) >= 11 is 0. The fourth-order valence-corrected chi connectivity index (χ4v) is 3.09. The second-order valence-electron chi connectivity index (χ2n) is 5.59. The second-order valence-corrected chi connectivity index (χ2v) is 5.59. The standard InChI is InChI=1S/C18H19NO3/c1-2-3-5-12-8-9-15-16-13(12)6-4-7-14(16)17(21)19(10-11-20)18(15)22/h4,6-9,20H,2-3,5,10-11H2,1H3. The molecule has 0 aliphatic carbocycles. The van der Waals surface area contributed by atoms with Gasteiger partial charge in [-0.3, -0.25) is 14.5 Å². The van der Waals surface area contributed by atoms with Gasteiger partial charge in [-0.05, 0) is 35.9 Å². The molecular weight excluding hydrogens is 278 g/mol. The molecule has 3 rings (SSSR count). The number of rotatable bonds is 5.